The second-order valence-electron chi connectivity index (χ2n) is 4.26. The number of allylic oxidation sites excluding steroid dienone is 2. The van der Waals surface area contributed by atoms with Gasteiger partial charge in [-0.2, -0.15) is 0 Å². The molecular formula is C12H15NOS2. The lowest BCUT2D eigenvalue weighted by Crippen LogP contribution is -2.13. The molecule has 1 aliphatic carbocycles. The van der Waals surface area contributed by atoms with Crippen molar-refractivity contribution in [3.05, 3.63) is 26.2 Å². The Labute approximate surface area is 105 Å². The molecule has 0 radical (unpaired) electrons. The summed E-state index contributed by atoms with van der Waals surface area (Å²) in [7, 11) is 0. The zero-order chi connectivity index (χ0) is 11.7. The summed E-state index contributed by atoms with van der Waals surface area (Å²) in [6.07, 6.45) is 3.15. The van der Waals surface area contributed by atoms with Gasteiger partial charge in [-0.25, -0.2) is 0 Å². The van der Waals surface area contributed by atoms with Crippen LogP contribution in [0, 0.1) is 10.9 Å². The molecule has 1 heterocycles. The molecule has 0 aliphatic heterocycles. The second-order valence-corrected chi connectivity index (χ2v) is 5.77. The third-order valence-corrected chi connectivity index (χ3v) is 4.50. The average Bonchev–Trinajstić information content (AvgIpc) is 2.79. The molecule has 4 heteroatoms. The van der Waals surface area contributed by atoms with Gasteiger partial charge < -0.3 is 4.57 Å². The van der Waals surface area contributed by atoms with Crippen molar-refractivity contribution in [2.45, 2.75) is 39.7 Å². The minimum absolute atomic E-state index is 0.243. The van der Waals surface area contributed by atoms with Gasteiger partial charge in [0.2, 0.25) is 0 Å². The van der Waals surface area contributed by atoms with Crippen LogP contribution in [-0.2, 0) is 11.3 Å². The van der Waals surface area contributed by atoms with Crippen molar-refractivity contribution < 1.29 is 4.79 Å². The lowest BCUT2D eigenvalue weighted by molar-refractivity contribution is -0.116. The van der Waals surface area contributed by atoms with E-state index in [2.05, 4.69) is 6.92 Å². The highest BCUT2D eigenvalue weighted by Gasteiger charge is 2.18. The van der Waals surface area contributed by atoms with Crippen LogP contribution >= 0.6 is 23.6 Å². The van der Waals surface area contributed by atoms with Gasteiger partial charge in [0.25, 0.3) is 0 Å². The molecule has 0 amide bonds. The molecule has 0 aromatic carbocycles. The van der Waals surface area contributed by atoms with Crippen molar-refractivity contribution in [2.24, 2.45) is 0 Å². The summed E-state index contributed by atoms with van der Waals surface area (Å²) in [5.41, 5.74) is 3.39. The first-order valence-corrected chi connectivity index (χ1v) is 6.75. The molecule has 1 aromatic heterocycles. The Kier molecular flexibility index (Phi) is 3.40. The van der Waals surface area contributed by atoms with Crippen molar-refractivity contribution in [3.63, 3.8) is 0 Å². The number of thiazole rings is 1. The Morgan fingerprint density at radius 1 is 1.50 bits per heavy atom. The molecule has 0 bridgehead atoms. The van der Waals surface area contributed by atoms with Gasteiger partial charge in [0.05, 0.1) is 6.54 Å². The number of carbonyl (C=O) groups excluding carboxylic acids is 1. The van der Waals surface area contributed by atoms with Gasteiger partial charge in [-0.3, -0.25) is 4.79 Å². The summed E-state index contributed by atoms with van der Waals surface area (Å²) < 4.78 is 2.73. The van der Waals surface area contributed by atoms with E-state index in [4.69, 9.17) is 12.2 Å². The highest BCUT2D eigenvalue weighted by Crippen LogP contribution is 2.26. The van der Waals surface area contributed by atoms with Crippen LogP contribution in [0.4, 0.5) is 0 Å². The predicted octanol–water partition coefficient (Wildman–Crippen LogP) is 3.66. The topological polar surface area (TPSA) is 22.0 Å². The minimum Gasteiger partial charge on any atom is -0.320 e. The first-order valence-electron chi connectivity index (χ1n) is 5.46. The molecule has 2 rings (SSSR count). The van der Waals surface area contributed by atoms with Crippen LogP contribution in [0.2, 0.25) is 0 Å². The van der Waals surface area contributed by atoms with Gasteiger partial charge in [-0.15, -0.1) is 11.3 Å². The fourth-order valence-electron chi connectivity index (χ4n) is 2.11. The summed E-state index contributed by atoms with van der Waals surface area (Å²) in [5.74, 6) is 0.243. The number of hydrogen-bond donors (Lipinski definition) is 0. The lowest BCUT2D eigenvalue weighted by Gasteiger charge is -2.06. The summed E-state index contributed by atoms with van der Waals surface area (Å²) >= 11 is 6.73. The molecule has 0 atom stereocenters. The van der Waals surface area contributed by atoms with Gasteiger partial charge in [0.15, 0.2) is 9.74 Å². The number of Topliss-reactive ketones (excluding diaryl/α,β-unsaturated/α-hetero) is 1. The summed E-state index contributed by atoms with van der Waals surface area (Å²) in [6, 6.07) is 0. The van der Waals surface area contributed by atoms with Crippen LogP contribution in [0.1, 0.15) is 31.9 Å². The van der Waals surface area contributed by atoms with E-state index >= 15 is 0 Å². The highest BCUT2D eigenvalue weighted by molar-refractivity contribution is 7.73. The standard InChI is InChI=1S/C12H15NOS2/c1-8-4-3-5-10(8)11(14)6-13-9(2)7-16-12(13)15/h7H,3-6H2,1-2H3. The number of ketones is 1. The molecule has 0 saturated heterocycles. The van der Waals surface area contributed by atoms with E-state index in [1.165, 1.54) is 16.9 Å². The average molecular weight is 253 g/mol. The van der Waals surface area contributed by atoms with Crippen LogP contribution in [0.5, 0.6) is 0 Å². The summed E-state index contributed by atoms with van der Waals surface area (Å²) in [5, 5.41) is 2.01. The van der Waals surface area contributed by atoms with Crippen LogP contribution < -0.4 is 0 Å². The SMILES string of the molecule is CC1=C(C(=O)Cn2c(C)csc2=S)CCC1. The lowest BCUT2D eigenvalue weighted by atomic mass is 10.1. The molecule has 0 unspecified atom stereocenters. The van der Waals surface area contributed by atoms with E-state index in [1.54, 1.807) is 0 Å². The van der Waals surface area contributed by atoms with Gasteiger partial charge >= 0.3 is 0 Å². The third-order valence-electron chi connectivity index (χ3n) is 3.11. The summed E-state index contributed by atoms with van der Waals surface area (Å²) in [4.78, 5) is 12.1. The van der Waals surface area contributed by atoms with Gasteiger partial charge in [0.1, 0.15) is 0 Å². The van der Waals surface area contributed by atoms with E-state index in [0.717, 1.165) is 34.5 Å². The molecule has 0 spiro atoms. The number of rotatable bonds is 3. The van der Waals surface area contributed by atoms with Crippen LogP contribution in [0.15, 0.2) is 16.5 Å². The van der Waals surface area contributed by atoms with E-state index in [0.29, 0.717) is 6.54 Å². The first-order chi connectivity index (χ1) is 7.59. The van der Waals surface area contributed by atoms with Crippen molar-refractivity contribution in [2.75, 3.05) is 0 Å². The van der Waals surface area contributed by atoms with Crippen molar-refractivity contribution >= 4 is 29.3 Å². The second kappa shape index (κ2) is 4.63. The monoisotopic (exact) mass is 253 g/mol. The number of carbonyl (C=O) groups is 1. The number of aryl methyl sites for hydroxylation is 1. The predicted molar refractivity (Wildman–Crippen MR) is 69.4 cm³/mol. The maximum Gasteiger partial charge on any atom is 0.178 e. The Bertz CT molecular complexity index is 507. The largest absolute Gasteiger partial charge is 0.320 e. The fraction of sp³-hybridized carbons (Fsp3) is 0.500. The van der Waals surface area contributed by atoms with Crippen molar-refractivity contribution in [3.8, 4) is 0 Å². The Balaban J connectivity index is 2.20. The normalized spacial score (nSPS) is 15.9. The summed E-state index contributed by atoms with van der Waals surface area (Å²) in [6.45, 7) is 4.48. The van der Waals surface area contributed by atoms with Gasteiger partial charge in [0, 0.05) is 11.1 Å². The van der Waals surface area contributed by atoms with E-state index in [-0.39, 0.29) is 5.78 Å². The maximum atomic E-state index is 12.1. The van der Waals surface area contributed by atoms with Gasteiger partial charge in [-0.1, -0.05) is 5.57 Å². The van der Waals surface area contributed by atoms with Crippen molar-refractivity contribution in [1.29, 1.82) is 0 Å². The van der Waals surface area contributed by atoms with Crippen molar-refractivity contribution in [1.82, 2.24) is 4.57 Å². The van der Waals surface area contributed by atoms with Crippen LogP contribution in [0.3, 0.4) is 0 Å². The molecule has 0 fully saturated rings. The molecule has 0 N–H and O–H groups in total. The molecule has 1 aliphatic rings. The zero-order valence-corrected chi connectivity index (χ0v) is 11.2. The van der Waals surface area contributed by atoms with Crippen LogP contribution in [-0.4, -0.2) is 10.4 Å². The van der Waals surface area contributed by atoms with E-state index in [1.807, 2.05) is 16.9 Å². The molecule has 2 nitrogen and oxygen atoms in total. The molecule has 86 valence electrons. The Morgan fingerprint density at radius 3 is 2.75 bits per heavy atom. The fourth-order valence-corrected chi connectivity index (χ4v) is 3.19. The molecule has 1 aromatic rings. The molecular weight excluding hydrogens is 238 g/mol. The highest BCUT2D eigenvalue weighted by atomic mass is 32.1. The van der Waals surface area contributed by atoms with Gasteiger partial charge in [-0.05, 0) is 50.9 Å². The Hall–Kier alpha value is -0.740. The first kappa shape index (κ1) is 11.7. The zero-order valence-electron chi connectivity index (χ0n) is 9.58. The third kappa shape index (κ3) is 2.18. The quantitative estimate of drug-likeness (QED) is 0.767. The Morgan fingerprint density at radius 2 is 2.25 bits per heavy atom. The smallest absolute Gasteiger partial charge is 0.178 e. The maximum absolute atomic E-state index is 12.1. The van der Waals surface area contributed by atoms with E-state index in [9.17, 15) is 4.79 Å². The van der Waals surface area contributed by atoms with E-state index < -0.39 is 0 Å². The number of nitrogens with zero attached hydrogens (tertiary/aromatic N) is 1. The number of aromatic nitrogens is 1. The number of hydrogen-bond acceptors (Lipinski definition) is 3. The van der Waals surface area contributed by atoms with Crippen LogP contribution in [0.25, 0.3) is 0 Å². The molecule has 16 heavy (non-hydrogen) atoms. The minimum atomic E-state index is 0.243. The molecule has 0 saturated carbocycles.